The molecule has 0 amide bonds. The quantitative estimate of drug-likeness (QED) is 0.391. The van der Waals surface area contributed by atoms with E-state index in [4.69, 9.17) is 9.05 Å². The third-order valence-corrected chi connectivity index (χ3v) is 8.80. The Labute approximate surface area is 195 Å². The van der Waals surface area contributed by atoms with E-state index in [9.17, 15) is 17.7 Å². The molecule has 1 unspecified atom stereocenters. The van der Waals surface area contributed by atoms with Crippen molar-refractivity contribution in [2.45, 2.75) is 73.1 Å². The lowest BCUT2D eigenvalue weighted by Crippen LogP contribution is -2.35. The molecule has 1 saturated carbocycles. The molecule has 4 atom stereocenters. The second-order valence-electron chi connectivity index (χ2n) is 9.83. The Morgan fingerprint density at radius 2 is 1.58 bits per heavy atom. The van der Waals surface area contributed by atoms with Gasteiger partial charge in [0.25, 0.3) is 0 Å². The van der Waals surface area contributed by atoms with Crippen LogP contribution in [0.4, 0.5) is 13.2 Å². The van der Waals surface area contributed by atoms with Gasteiger partial charge in [-0.25, -0.2) is 4.57 Å². The van der Waals surface area contributed by atoms with Crippen molar-refractivity contribution in [2.24, 2.45) is 17.8 Å². The zero-order valence-electron chi connectivity index (χ0n) is 20.2. The van der Waals surface area contributed by atoms with Gasteiger partial charge in [-0.3, -0.25) is 4.52 Å². The van der Waals surface area contributed by atoms with Crippen LogP contribution in [0.2, 0.25) is 0 Å². The Hall–Kier alpha value is -1.78. The summed E-state index contributed by atoms with van der Waals surface area (Å²) in [6.07, 6.45) is -1.86. The maximum Gasteiger partial charge on any atom is 0.416 e. The zero-order valence-corrected chi connectivity index (χ0v) is 21.1. The van der Waals surface area contributed by atoms with Gasteiger partial charge < -0.3 is 4.52 Å². The van der Waals surface area contributed by atoms with Gasteiger partial charge in [-0.2, -0.15) is 13.2 Å². The van der Waals surface area contributed by atoms with Crippen LogP contribution in [0, 0.1) is 38.5 Å². The van der Waals surface area contributed by atoms with Gasteiger partial charge in [-0.1, -0.05) is 44.9 Å². The monoisotopic (exact) mass is 482 g/mol. The first-order valence-corrected chi connectivity index (χ1v) is 13.1. The highest BCUT2D eigenvalue weighted by molar-refractivity contribution is 7.62. The molecule has 3 nitrogen and oxygen atoms in total. The van der Waals surface area contributed by atoms with Crippen molar-refractivity contribution in [1.82, 2.24) is 0 Å². The molecule has 0 spiro atoms. The van der Waals surface area contributed by atoms with Crippen molar-refractivity contribution in [1.29, 1.82) is 0 Å². The minimum Gasteiger partial charge on any atom is -0.421 e. The second kappa shape index (κ2) is 9.84. The second-order valence-corrected chi connectivity index (χ2v) is 11.7. The molecule has 0 aromatic heterocycles. The molecular formula is C26H34F3O3P. The van der Waals surface area contributed by atoms with Crippen LogP contribution >= 0.6 is 7.60 Å². The Kier molecular flexibility index (Phi) is 7.70. The maximum atomic E-state index is 14.5. The van der Waals surface area contributed by atoms with Gasteiger partial charge in [0.2, 0.25) is 0 Å². The largest absolute Gasteiger partial charge is 0.421 e. The van der Waals surface area contributed by atoms with Crippen molar-refractivity contribution in [3.63, 3.8) is 0 Å². The molecule has 2 aromatic carbocycles. The van der Waals surface area contributed by atoms with E-state index < -0.39 is 19.3 Å². The Bertz CT molecular complexity index is 991. The number of hydrogen-bond acceptors (Lipinski definition) is 3. The normalized spacial score (nSPS) is 23.4. The van der Waals surface area contributed by atoms with Gasteiger partial charge >= 0.3 is 13.8 Å². The van der Waals surface area contributed by atoms with Gasteiger partial charge in [0, 0.05) is 0 Å². The summed E-state index contributed by atoms with van der Waals surface area (Å²) in [6, 6.07) is 8.15. The molecule has 1 aliphatic rings. The van der Waals surface area contributed by atoms with Crippen molar-refractivity contribution in [3.05, 3.63) is 58.7 Å². The van der Waals surface area contributed by atoms with Crippen LogP contribution in [0.1, 0.15) is 62.3 Å². The number of hydrogen-bond donors (Lipinski definition) is 0. The molecule has 182 valence electrons. The summed E-state index contributed by atoms with van der Waals surface area (Å²) in [5.74, 6) is 1.11. The topological polar surface area (TPSA) is 35.5 Å². The Morgan fingerprint density at radius 3 is 2.09 bits per heavy atom. The highest BCUT2D eigenvalue weighted by atomic mass is 31.2. The van der Waals surface area contributed by atoms with Crippen molar-refractivity contribution in [3.8, 4) is 5.75 Å². The van der Waals surface area contributed by atoms with Crippen LogP contribution in [0.25, 0.3) is 0 Å². The van der Waals surface area contributed by atoms with E-state index in [1.807, 2.05) is 32.9 Å². The van der Waals surface area contributed by atoms with Crippen molar-refractivity contribution < 1.29 is 26.8 Å². The summed E-state index contributed by atoms with van der Waals surface area (Å²) in [6.45, 7) is 12.1. The predicted octanol–water partition coefficient (Wildman–Crippen LogP) is 8.01. The molecule has 0 aliphatic heterocycles. The fourth-order valence-corrected chi connectivity index (χ4v) is 7.21. The van der Waals surface area contributed by atoms with E-state index in [1.54, 1.807) is 0 Å². The molecule has 1 aliphatic carbocycles. The summed E-state index contributed by atoms with van der Waals surface area (Å²) in [7, 11) is -3.90. The number of halogens is 3. The molecule has 0 heterocycles. The fraction of sp³-hybridized carbons (Fsp3) is 0.538. The summed E-state index contributed by atoms with van der Waals surface area (Å²) in [5, 5.41) is 0.494. The van der Waals surface area contributed by atoms with Crippen molar-refractivity contribution >= 4 is 12.9 Å². The van der Waals surface area contributed by atoms with E-state index in [-0.39, 0.29) is 17.8 Å². The predicted molar refractivity (Wildman–Crippen MR) is 126 cm³/mol. The molecule has 1 fully saturated rings. The van der Waals surface area contributed by atoms with Gasteiger partial charge in [0.15, 0.2) is 0 Å². The molecule has 0 saturated heterocycles. The average molecular weight is 483 g/mol. The lowest BCUT2D eigenvalue weighted by molar-refractivity contribution is -0.137. The van der Waals surface area contributed by atoms with Crippen LogP contribution < -0.4 is 9.83 Å². The smallest absolute Gasteiger partial charge is 0.416 e. The standard InChI is InChI=1S/C26H34F3O3P/c1-16(2)23-12-7-17(3)15-24(23)32-33(30,25-19(5)13-18(4)14-20(25)6)31-22-10-8-21(9-11-22)26(27,28)29/h8-11,13-14,16-17,23-24H,7,12,15H2,1-6H3/t17-,23+,24-,33?/m0/s1. The zero-order chi connectivity index (χ0) is 24.6. The van der Waals surface area contributed by atoms with Crippen LogP contribution in [0.3, 0.4) is 0 Å². The molecule has 0 radical (unpaired) electrons. The molecule has 2 aromatic rings. The highest BCUT2D eigenvalue weighted by Gasteiger charge is 2.41. The first-order valence-electron chi connectivity index (χ1n) is 11.5. The van der Waals surface area contributed by atoms with Gasteiger partial charge in [0.1, 0.15) is 5.75 Å². The minimum atomic E-state index is -4.45. The SMILES string of the molecule is Cc1cc(C)c(P(=O)(Oc2ccc(C(F)(F)F)cc2)O[C@H]2C[C@@H](C)CC[C@@H]2C(C)C)c(C)c1. The fourth-order valence-electron chi connectivity index (χ4n) is 4.98. The number of alkyl halides is 3. The van der Waals surface area contributed by atoms with E-state index in [0.29, 0.717) is 17.1 Å². The van der Waals surface area contributed by atoms with E-state index in [0.717, 1.165) is 48.1 Å². The minimum absolute atomic E-state index is 0.0932. The Morgan fingerprint density at radius 1 is 1.00 bits per heavy atom. The highest BCUT2D eigenvalue weighted by Crippen LogP contribution is 2.53. The molecule has 3 rings (SSSR count). The summed E-state index contributed by atoms with van der Waals surface area (Å²) < 4.78 is 65.9. The van der Waals surface area contributed by atoms with E-state index in [1.165, 1.54) is 12.1 Å². The maximum absolute atomic E-state index is 14.5. The van der Waals surface area contributed by atoms with Crippen LogP contribution in [0.15, 0.2) is 36.4 Å². The number of benzene rings is 2. The number of aryl methyl sites for hydroxylation is 3. The lowest BCUT2D eigenvalue weighted by Gasteiger charge is -2.39. The van der Waals surface area contributed by atoms with Gasteiger partial charge in [-0.15, -0.1) is 0 Å². The summed E-state index contributed by atoms with van der Waals surface area (Å²) in [4.78, 5) is 0. The first kappa shape index (κ1) is 25.8. The molecule has 7 heteroatoms. The van der Waals surface area contributed by atoms with Crippen LogP contribution in [-0.2, 0) is 15.3 Å². The van der Waals surface area contributed by atoms with Gasteiger partial charge in [0.05, 0.1) is 17.0 Å². The number of rotatable bonds is 6. The van der Waals surface area contributed by atoms with E-state index in [2.05, 4.69) is 20.8 Å². The van der Waals surface area contributed by atoms with Crippen molar-refractivity contribution in [2.75, 3.05) is 0 Å². The molecule has 0 N–H and O–H groups in total. The average Bonchev–Trinajstić information content (AvgIpc) is 2.66. The molecule has 33 heavy (non-hydrogen) atoms. The first-order chi connectivity index (χ1) is 15.3. The van der Waals surface area contributed by atoms with Crippen LogP contribution in [0.5, 0.6) is 5.75 Å². The van der Waals surface area contributed by atoms with Gasteiger partial charge in [-0.05, 0) is 86.8 Å². The summed E-state index contributed by atoms with van der Waals surface area (Å²) in [5.41, 5.74) is 1.82. The Balaban J connectivity index is 2.04. The van der Waals surface area contributed by atoms with E-state index >= 15 is 0 Å². The summed E-state index contributed by atoms with van der Waals surface area (Å²) >= 11 is 0. The molecule has 0 bridgehead atoms. The third kappa shape index (κ3) is 6.02. The lowest BCUT2D eigenvalue weighted by atomic mass is 9.75. The van der Waals surface area contributed by atoms with Crippen LogP contribution in [-0.4, -0.2) is 6.10 Å². The third-order valence-electron chi connectivity index (χ3n) is 6.55. The molecular weight excluding hydrogens is 448 g/mol.